The van der Waals surface area contributed by atoms with Gasteiger partial charge in [0.1, 0.15) is 0 Å². The molecule has 0 unspecified atom stereocenters. The van der Waals surface area contributed by atoms with Crippen LogP contribution in [-0.4, -0.2) is 47.5 Å². The second kappa shape index (κ2) is 13.4. The fourth-order valence-corrected chi connectivity index (χ4v) is 0.724. The van der Waals surface area contributed by atoms with E-state index in [0.717, 1.165) is 0 Å². The van der Waals surface area contributed by atoms with Gasteiger partial charge >= 0.3 is 65.1 Å². The van der Waals surface area contributed by atoms with E-state index in [1.165, 1.54) is 0 Å². The van der Waals surface area contributed by atoms with Crippen LogP contribution in [0.4, 0.5) is 0 Å². The first-order chi connectivity index (χ1) is 5.91. The van der Waals surface area contributed by atoms with E-state index in [1.54, 1.807) is 0 Å². The Morgan fingerprint density at radius 2 is 1.25 bits per heavy atom. The van der Waals surface area contributed by atoms with Crippen LogP contribution in [-0.2, 0) is 14.4 Å². The fraction of sp³-hybridized carbons (Fsp3) is 0.571. The van der Waals surface area contributed by atoms with Crippen molar-refractivity contribution >= 4 is 17.9 Å². The molecule has 0 aliphatic rings. The number of carbonyl (C=O) groups is 3. The number of rotatable bonds is 6. The molecule has 16 heavy (non-hydrogen) atoms. The van der Waals surface area contributed by atoms with Gasteiger partial charge in [-0.2, -0.15) is 0 Å². The molecular formula is C7H11NNa2O6. The maximum Gasteiger partial charge on any atom is 1.00 e. The molecule has 0 heterocycles. The van der Waals surface area contributed by atoms with Crippen molar-refractivity contribution < 1.29 is 88.8 Å². The van der Waals surface area contributed by atoms with Crippen LogP contribution in [0.1, 0.15) is 7.43 Å². The summed E-state index contributed by atoms with van der Waals surface area (Å²) < 4.78 is 0. The van der Waals surface area contributed by atoms with Crippen LogP contribution in [0.2, 0.25) is 0 Å². The Morgan fingerprint density at radius 1 is 0.938 bits per heavy atom. The van der Waals surface area contributed by atoms with Gasteiger partial charge in [0.05, 0.1) is 18.5 Å². The van der Waals surface area contributed by atoms with Crippen LogP contribution in [0.25, 0.3) is 0 Å². The van der Waals surface area contributed by atoms with Crippen molar-refractivity contribution in [2.24, 2.45) is 0 Å². The van der Waals surface area contributed by atoms with Crippen molar-refractivity contribution in [1.82, 2.24) is 4.90 Å². The van der Waals surface area contributed by atoms with Crippen molar-refractivity contribution in [2.45, 2.75) is 7.43 Å². The van der Waals surface area contributed by atoms with Crippen LogP contribution in [0, 0.1) is 0 Å². The summed E-state index contributed by atoms with van der Waals surface area (Å²) in [5, 5.41) is 28.3. The van der Waals surface area contributed by atoms with Gasteiger partial charge in [0, 0.05) is 13.1 Å². The summed E-state index contributed by atoms with van der Waals surface area (Å²) >= 11 is 0. The molecule has 0 aliphatic heterocycles. The summed E-state index contributed by atoms with van der Waals surface area (Å²) in [5.41, 5.74) is 0. The molecule has 0 atom stereocenters. The van der Waals surface area contributed by atoms with Crippen molar-refractivity contribution in [3.05, 3.63) is 0 Å². The molecule has 1 N–H and O–H groups in total. The second-order valence-corrected chi connectivity index (χ2v) is 2.28. The van der Waals surface area contributed by atoms with Crippen molar-refractivity contribution in [2.75, 3.05) is 19.6 Å². The summed E-state index contributed by atoms with van der Waals surface area (Å²) in [6.45, 7) is -2.18. The molecule has 82 valence electrons. The van der Waals surface area contributed by atoms with Gasteiger partial charge in [-0.1, -0.05) is 7.43 Å². The molecule has 0 aliphatic carbocycles. The first-order valence-corrected chi connectivity index (χ1v) is 3.25. The largest absolute Gasteiger partial charge is 1.00 e. The maximum atomic E-state index is 10.1. The molecule has 0 saturated heterocycles. The van der Waals surface area contributed by atoms with E-state index in [1.807, 2.05) is 0 Å². The van der Waals surface area contributed by atoms with Gasteiger partial charge in [-0.25, -0.2) is 0 Å². The minimum absolute atomic E-state index is 0. The zero-order valence-electron chi connectivity index (χ0n) is 8.56. The molecule has 0 aromatic rings. The molecule has 0 amide bonds. The van der Waals surface area contributed by atoms with Gasteiger partial charge in [-0.05, 0) is 0 Å². The Morgan fingerprint density at radius 3 is 1.44 bits per heavy atom. The van der Waals surface area contributed by atoms with Crippen molar-refractivity contribution in [1.29, 1.82) is 0 Å². The van der Waals surface area contributed by atoms with Crippen LogP contribution in [0.3, 0.4) is 0 Å². The van der Waals surface area contributed by atoms with Crippen molar-refractivity contribution in [3.63, 3.8) is 0 Å². The smallest absolute Gasteiger partial charge is 0.549 e. The number of hydrogen-bond donors (Lipinski definition) is 1. The Labute approximate surface area is 137 Å². The van der Waals surface area contributed by atoms with Gasteiger partial charge in [-0.3, -0.25) is 9.69 Å². The van der Waals surface area contributed by atoms with Crippen LogP contribution < -0.4 is 69.3 Å². The summed E-state index contributed by atoms with van der Waals surface area (Å²) in [4.78, 5) is 30.8. The molecular weight excluding hydrogens is 240 g/mol. The minimum atomic E-state index is -1.54. The molecule has 0 rings (SSSR count). The van der Waals surface area contributed by atoms with E-state index in [-0.39, 0.29) is 66.5 Å². The van der Waals surface area contributed by atoms with E-state index >= 15 is 0 Å². The molecule has 0 radical (unpaired) electrons. The first-order valence-electron chi connectivity index (χ1n) is 3.25. The zero-order chi connectivity index (χ0) is 10.4. The first kappa shape index (κ1) is 25.3. The SMILES string of the molecule is C.O=C([O-])CN(CC(=O)[O-])CC(=O)O.[Na+].[Na+]. The normalized spacial score (nSPS) is 8.06. The molecule has 0 spiro atoms. The van der Waals surface area contributed by atoms with E-state index in [2.05, 4.69) is 0 Å². The van der Waals surface area contributed by atoms with E-state index < -0.39 is 37.5 Å². The third-order valence-electron chi connectivity index (χ3n) is 1.06. The Hall–Kier alpha value is 0.370. The molecule has 0 aromatic heterocycles. The monoisotopic (exact) mass is 251 g/mol. The van der Waals surface area contributed by atoms with E-state index in [9.17, 15) is 24.6 Å². The average molecular weight is 251 g/mol. The van der Waals surface area contributed by atoms with Crippen LogP contribution in [0.15, 0.2) is 0 Å². The zero-order valence-corrected chi connectivity index (χ0v) is 12.6. The molecule has 0 aromatic carbocycles. The average Bonchev–Trinajstić information content (AvgIpc) is 1.80. The van der Waals surface area contributed by atoms with E-state index in [0.29, 0.717) is 4.90 Å². The Kier molecular flexibility index (Phi) is 21.2. The standard InChI is InChI=1S/C6H9NO6.CH4.2Na/c8-4(9)1-7(2-5(10)11)3-6(12)13;;;/h1-3H2,(H,8,9)(H,10,11)(H,12,13);1H4;;/q;;2*+1/p-2. The predicted octanol–water partition coefficient (Wildman–Crippen LogP) is -9.48. The topological polar surface area (TPSA) is 121 Å². The molecule has 0 fully saturated rings. The number of aliphatic carboxylic acids is 3. The summed E-state index contributed by atoms with van der Waals surface area (Å²) in [7, 11) is 0. The molecule has 9 heteroatoms. The van der Waals surface area contributed by atoms with Gasteiger partial charge in [0.2, 0.25) is 0 Å². The minimum Gasteiger partial charge on any atom is -0.549 e. The van der Waals surface area contributed by atoms with Gasteiger partial charge in [0.25, 0.3) is 0 Å². The predicted molar refractivity (Wildman–Crippen MR) is 40.8 cm³/mol. The third kappa shape index (κ3) is 16.8. The fourth-order valence-electron chi connectivity index (χ4n) is 0.724. The second-order valence-electron chi connectivity index (χ2n) is 2.28. The number of nitrogens with zero attached hydrogens (tertiary/aromatic N) is 1. The number of carboxylic acids is 3. The molecule has 0 saturated carbocycles. The molecule has 0 bridgehead atoms. The van der Waals surface area contributed by atoms with Crippen LogP contribution in [0.5, 0.6) is 0 Å². The van der Waals surface area contributed by atoms with Gasteiger partial charge < -0.3 is 24.9 Å². The summed E-state index contributed by atoms with van der Waals surface area (Å²) in [5.74, 6) is -4.40. The van der Waals surface area contributed by atoms with E-state index in [4.69, 9.17) is 5.11 Å². The summed E-state index contributed by atoms with van der Waals surface area (Å²) in [6, 6.07) is 0. The number of carboxylic acid groups (broad SMARTS) is 3. The quantitative estimate of drug-likeness (QED) is 0.465. The summed E-state index contributed by atoms with van der Waals surface area (Å²) in [6.07, 6.45) is 0. The van der Waals surface area contributed by atoms with Gasteiger partial charge in [-0.15, -0.1) is 0 Å². The Bertz CT molecular complexity index is 197. The Balaban J connectivity index is -0.000000240. The van der Waals surface area contributed by atoms with Crippen molar-refractivity contribution in [3.8, 4) is 0 Å². The van der Waals surface area contributed by atoms with Crippen LogP contribution >= 0.6 is 0 Å². The third-order valence-corrected chi connectivity index (χ3v) is 1.06. The molecule has 7 nitrogen and oxygen atoms in total. The number of carbonyl (C=O) groups excluding carboxylic acids is 2. The van der Waals surface area contributed by atoms with Gasteiger partial charge in [0.15, 0.2) is 0 Å². The number of hydrogen-bond acceptors (Lipinski definition) is 6. The maximum absolute atomic E-state index is 10.1.